The zero-order valence-corrected chi connectivity index (χ0v) is 13.4. The Morgan fingerprint density at radius 2 is 2.33 bits per heavy atom. The molecule has 1 aliphatic rings. The zero-order chi connectivity index (χ0) is 15.2. The SMILES string of the molecule is CCn1ccnc1CCC(=O)N1CCCC(C(C)=NC)C1. The molecule has 5 heteroatoms. The molecule has 1 amide bonds. The number of aliphatic imine (C=N–C) groups is 1. The number of hydrogen-bond acceptors (Lipinski definition) is 3. The van der Waals surface area contributed by atoms with E-state index in [2.05, 4.69) is 28.4 Å². The van der Waals surface area contributed by atoms with Gasteiger partial charge in [0.05, 0.1) is 0 Å². The first-order chi connectivity index (χ1) is 10.2. The number of imidazole rings is 1. The molecule has 1 aliphatic heterocycles. The standard InChI is InChI=1S/C16H26N4O/c1-4-19-11-9-18-15(19)7-8-16(21)20-10-5-6-14(12-20)13(2)17-3/h9,11,14H,4-8,10,12H2,1-3H3. The van der Waals surface area contributed by atoms with Crippen LogP contribution in [0.15, 0.2) is 17.4 Å². The summed E-state index contributed by atoms with van der Waals surface area (Å²) in [7, 11) is 1.83. The molecule has 1 aromatic heterocycles. The van der Waals surface area contributed by atoms with Crippen molar-refractivity contribution in [3.8, 4) is 0 Å². The van der Waals surface area contributed by atoms with Crippen molar-refractivity contribution >= 4 is 11.6 Å². The third-order valence-electron chi connectivity index (χ3n) is 4.42. The maximum absolute atomic E-state index is 12.4. The number of nitrogens with zero attached hydrogens (tertiary/aromatic N) is 4. The van der Waals surface area contributed by atoms with E-state index in [9.17, 15) is 4.79 Å². The summed E-state index contributed by atoms with van der Waals surface area (Å²) in [6.07, 6.45) is 7.27. The average Bonchev–Trinajstić information content (AvgIpc) is 2.99. The summed E-state index contributed by atoms with van der Waals surface area (Å²) < 4.78 is 2.10. The fourth-order valence-corrected chi connectivity index (χ4v) is 2.96. The molecular weight excluding hydrogens is 264 g/mol. The fraction of sp³-hybridized carbons (Fsp3) is 0.688. The van der Waals surface area contributed by atoms with Crippen molar-refractivity contribution in [3.05, 3.63) is 18.2 Å². The number of hydrogen-bond donors (Lipinski definition) is 0. The Morgan fingerprint density at radius 1 is 1.52 bits per heavy atom. The first kappa shape index (κ1) is 15.7. The smallest absolute Gasteiger partial charge is 0.223 e. The topological polar surface area (TPSA) is 50.5 Å². The van der Waals surface area contributed by atoms with Crippen LogP contribution in [0.25, 0.3) is 0 Å². The first-order valence-corrected chi connectivity index (χ1v) is 7.86. The minimum absolute atomic E-state index is 0.245. The minimum Gasteiger partial charge on any atom is -0.342 e. The number of carbonyl (C=O) groups is 1. The van der Waals surface area contributed by atoms with Crippen LogP contribution in [0, 0.1) is 5.92 Å². The predicted molar refractivity (Wildman–Crippen MR) is 84.6 cm³/mol. The van der Waals surface area contributed by atoms with Gasteiger partial charge in [-0.2, -0.15) is 0 Å². The van der Waals surface area contributed by atoms with Crippen molar-refractivity contribution in [1.82, 2.24) is 14.5 Å². The van der Waals surface area contributed by atoms with E-state index in [1.54, 1.807) is 6.20 Å². The molecule has 0 N–H and O–H groups in total. The number of piperidine rings is 1. The van der Waals surface area contributed by atoms with Gasteiger partial charge < -0.3 is 9.47 Å². The molecule has 0 radical (unpaired) electrons. The second kappa shape index (κ2) is 7.38. The molecule has 0 saturated carbocycles. The van der Waals surface area contributed by atoms with Gasteiger partial charge in [-0.1, -0.05) is 0 Å². The second-order valence-electron chi connectivity index (χ2n) is 5.67. The number of rotatable bonds is 5. The number of carbonyl (C=O) groups excluding carboxylic acids is 1. The molecule has 116 valence electrons. The average molecular weight is 290 g/mol. The molecule has 1 aromatic rings. The van der Waals surface area contributed by atoms with Gasteiger partial charge in [0.15, 0.2) is 0 Å². The van der Waals surface area contributed by atoms with Gasteiger partial charge in [0.25, 0.3) is 0 Å². The van der Waals surface area contributed by atoms with Crippen molar-refractivity contribution < 1.29 is 4.79 Å². The number of amides is 1. The first-order valence-electron chi connectivity index (χ1n) is 7.86. The molecule has 1 saturated heterocycles. The van der Waals surface area contributed by atoms with E-state index in [-0.39, 0.29) is 5.91 Å². The Balaban J connectivity index is 1.88. The van der Waals surface area contributed by atoms with Crippen LogP contribution in [0.2, 0.25) is 0 Å². The van der Waals surface area contributed by atoms with Crippen LogP contribution in [0.3, 0.4) is 0 Å². The van der Waals surface area contributed by atoms with Crippen LogP contribution in [-0.2, 0) is 17.8 Å². The van der Waals surface area contributed by atoms with E-state index in [1.807, 2.05) is 18.1 Å². The normalized spacial score (nSPS) is 19.9. The summed E-state index contributed by atoms with van der Waals surface area (Å²) in [6, 6.07) is 0. The van der Waals surface area contributed by atoms with Gasteiger partial charge in [-0.05, 0) is 26.7 Å². The Labute approximate surface area is 127 Å². The van der Waals surface area contributed by atoms with Gasteiger partial charge in [-0.25, -0.2) is 4.98 Å². The van der Waals surface area contributed by atoms with E-state index in [0.29, 0.717) is 12.3 Å². The van der Waals surface area contributed by atoms with Gasteiger partial charge >= 0.3 is 0 Å². The molecule has 21 heavy (non-hydrogen) atoms. The molecule has 1 unspecified atom stereocenters. The highest BCUT2D eigenvalue weighted by molar-refractivity contribution is 5.85. The van der Waals surface area contributed by atoms with Gasteiger partial charge in [-0.3, -0.25) is 9.79 Å². The maximum Gasteiger partial charge on any atom is 0.223 e. The molecule has 0 bridgehead atoms. The third-order valence-corrected chi connectivity index (χ3v) is 4.42. The van der Waals surface area contributed by atoms with Crippen LogP contribution < -0.4 is 0 Å². The Bertz CT molecular complexity index is 506. The van der Waals surface area contributed by atoms with Crippen molar-refractivity contribution in [2.75, 3.05) is 20.1 Å². The minimum atomic E-state index is 0.245. The van der Waals surface area contributed by atoms with Gasteiger partial charge in [-0.15, -0.1) is 0 Å². The van der Waals surface area contributed by atoms with Crippen LogP contribution >= 0.6 is 0 Å². The lowest BCUT2D eigenvalue weighted by molar-refractivity contribution is -0.132. The number of aromatic nitrogens is 2. The van der Waals surface area contributed by atoms with Crippen molar-refractivity contribution in [2.24, 2.45) is 10.9 Å². The highest BCUT2D eigenvalue weighted by atomic mass is 16.2. The highest BCUT2D eigenvalue weighted by Crippen LogP contribution is 2.19. The summed E-state index contributed by atoms with van der Waals surface area (Å²) in [5.74, 6) is 1.69. The van der Waals surface area contributed by atoms with Gasteiger partial charge in [0.2, 0.25) is 5.91 Å². The molecule has 0 aliphatic carbocycles. The van der Waals surface area contributed by atoms with Crippen LogP contribution in [-0.4, -0.2) is 46.2 Å². The summed E-state index contributed by atoms with van der Waals surface area (Å²) >= 11 is 0. The second-order valence-corrected chi connectivity index (χ2v) is 5.67. The molecule has 1 fully saturated rings. The molecule has 5 nitrogen and oxygen atoms in total. The molecule has 2 rings (SSSR count). The van der Waals surface area contributed by atoms with Crippen LogP contribution in [0.1, 0.15) is 38.9 Å². The van der Waals surface area contributed by atoms with E-state index in [4.69, 9.17) is 0 Å². The van der Waals surface area contributed by atoms with Crippen molar-refractivity contribution in [1.29, 1.82) is 0 Å². The van der Waals surface area contributed by atoms with E-state index in [1.165, 1.54) is 0 Å². The number of likely N-dealkylation sites (tertiary alicyclic amines) is 1. The van der Waals surface area contributed by atoms with Crippen LogP contribution in [0.4, 0.5) is 0 Å². The maximum atomic E-state index is 12.4. The Kier molecular flexibility index (Phi) is 5.53. The molecular formula is C16H26N4O. The predicted octanol–water partition coefficient (Wildman–Crippen LogP) is 2.16. The quantitative estimate of drug-likeness (QED) is 0.780. The molecule has 0 aromatic carbocycles. The Hall–Kier alpha value is -1.65. The number of aryl methyl sites for hydroxylation is 2. The van der Waals surface area contributed by atoms with E-state index in [0.717, 1.165) is 50.4 Å². The fourth-order valence-electron chi connectivity index (χ4n) is 2.96. The monoisotopic (exact) mass is 290 g/mol. The van der Waals surface area contributed by atoms with E-state index >= 15 is 0 Å². The summed E-state index contributed by atoms with van der Waals surface area (Å²) in [6.45, 7) is 6.77. The lowest BCUT2D eigenvalue weighted by Gasteiger charge is -2.32. The zero-order valence-electron chi connectivity index (χ0n) is 13.4. The van der Waals surface area contributed by atoms with Crippen LogP contribution in [0.5, 0.6) is 0 Å². The summed E-state index contributed by atoms with van der Waals surface area (Å²) in [5, 5.41) is 0. The molecule has 2 heterocycles. The lowest BCUT2D eigenvalue weighted by atomic mass is 9.93. The third kappa shape index (κ3) is 3.93. The summed E-state index contributed by atoms with van der Waals surface area (Å²) in [4.78, 5) is 23.0. The Morgan fingerprint density at radius 3 is 3.05 bits per heavy atom. The largest absolute Gasteiger partial charge is 0.342 e. The molecule has 0 spiro atoms. The highest BCUT2D eigenvalue weighted by Gasteiger charge is 2.25. The van der Waals surface area contributed by atoms with Gasteiger partial charge in [0.1, 0.15) is 5.82 Å². The lowest BCUT2D eigenvalue weighted by Crippen LogP contribution is -2.42. The van der Waals surface area contributed by atoms with Gasteiger partial charge in [0, 0.05) is 63.5 Å². The van der Waals surface area contributed by atoms with Crippen molar-refractivity contribution in [3.63, 3.8) is 0 Å². The summed E-state index contributed by atoms with van der Waals surface area (Å²) in [5.41, 5.74) is 1.16. The van der Waals surface area contributed by atoms with E-state index < -0.39 is 0 Å². The van der Waals surface area contributed by atoms with Crippen molar-refractivity contribution in [2.45, 2.75) is 46.1 Å². The molecule has 1 atom stereocenters.